The van der Waals surface area contributed by atoms with Crippen LogP contribution in [0.1, 0.15) is 24.1 Å². The molecular formula is C24H24BrFN2O4S. The number of hydrogen-bond donors (Lipinski definition) is 1. The average molecular weight is 535 g/mol. The summed E-state index contributed by atoms with van der Waals surface area (Å²) in [4.78, 5) is 12.3. The van der Waals surface area contributed by atoms with Gasteiger partial charge < -0.3 is 10.1 Å². The summed E-state index contributed by atoms with van der Waals surface area (Å²) in [6.45, 7) is 1.55. The fourth-order valence-corrected chi connectivity index (χ4v) is 4.48. The minimum atomic E-state index is -3.66. The zero-order valence-electron chi connectivity index (χ0n) is 18.2. The quantitative estimate of drug-likeness (QED) is 0.427. The zero-order valence-corrected chi connectivity index (χ0v) is 20.6. The van der Waals surface area contributed by atoms with Crippen molar-refractivity contribution in [1.29, 1.82) is 0 Å². The molecule has 9 heteroatoms. The van der Waals surface area contributed by atoms with Gasteiger partial charge in [-0.2, -0.15) is 0 Å². The maximum atomic E-state index is 14.0. The molecule has 0 heterocycles. The minimum Gasteiger partial charge on any atom is -0.484 e. The van der Waals surface area contributed by atoms with Crippen molar-refractivity contribution < 1.29 is 22.3 Å². The van der Waals surface area contributed by atoms with Gasteiger partial charge in [0.2, 0.25) is 10.0 Å². The van der Waals surface area contributed by atoms with E-state index in [-0.39, 0.29) is 30.7 Å². The van der Waals surface area contributed by atoms with Crippen LogP contribution >= 0.6 is 15.9 Å². The van der Waals surface area contributed by atoms with E-state index >= 15 is 0 Å². The number of nitrogens with zero attached hydrogens (tertiary/aromatic N) is 1. The fourth-order valence-electron chi connectivity index (χ4n) is 3.18. The first-order valence-corrected chi connectivity index (χ1v) is 12.8. The highest BCUT2D eigenvalue weighted by Crippen LogP contribution is 2.24. The Bertz CT molecular complexity index is 1220. The van der Waals surface area contributed by atoms with Gasteiger partial charge in [0, 0.05) is 10.0 Å². The van der Waals surface area contributed by atoms with E-state index in [1.54, 1.807) is 42.5 Å². The molecule has 1 N–H and O–H groups in total. The second kappa shape index (κ2) is 10.8. The Kier molecular flexibility index (Phi) is 8.10. The largest absolute Gasteiger partial charge is 0.484 e. The topological polar surface area (TPSA) is 75.7 Å². The van der Waals surface area contributed by atoms with Crippen LogP contribution in [0.4, 0.5) is 10.1 Å². The predicted octanol–water partition coefficient (Wildman–Crippen LogP) is 4.81. The molecule has 0 unspecified atom stereocenters. The molecule has 6 nitrogen and oxygen atoms in total. The Hall–Kier alpha value is -2.91. The lowest BCUT2D eigenvalue weighted by Crippen LogP contribution is -2.31. The van der Waals surface area contributed by atoms with Crippen LogP contribution < -0.4 is 14.4 Å². The number of amides is 1. The molecular weight excluding hydrogens is 511 g/mol. The third kappa shape index (κ3) is 7.03. The van der Waals surface area contributed by atoms with Gasteiger partial charge in [0.25, 0.3) is 5.91 Å². The second-order valence-corrected chi connectivity index (χ2v) is 10.3. The standard InChI is InChI=1S/C24H24BrFN2O4S/c1-17(18-7-5-8-20(25)14-18)27-24(29)16-32-22-12-10-21(11-13-22)28(33(2,30)31)15-19-6-3-4-9-23(19)26/h3-14,17H,15-16H2,1-2H3,(H,27,29)/t17-/m0/s1. The van der Waals surface area contributed by atoms with Gasteiger partial charge in [0.1, 0.15) is 11.6 Å². The maximum Gasteiger partial charge on any atom is 0.258 e. The molecule has 3 rings (SSSR count). The highest BCUT2D eigenvalue weighted by molar-refractivity contribution is 9.10. The number of carbonyl (C=O) groups excluding carboxylic acids is 1. The van der Waals surface area contributed by atoms with Crippen LogP contribution in [0.3, 0.4) is 0 Å². The van der Waals surface area contributed by atoms with E-state index in [1.165, 1.54) is 6.07 Å². The third-order valence-corrected chi connectivity index (χ3v) is 6.53. The number of ether oxygens (including phenoxy) is 1. The van der Waals surface area contributed by atoms with Gasteiger partial charge in [-0.05, 0) is 55.0 Å². The average Bonchev–Trinajstić information content (AvgIpc) is 2.77. The summed E-state index contributed by atoms with van der Waals surface area (Å²) in [5.74, 6) is -0.360. The monoisotopic (exact) mass is 534 g/mol. The van der Waals surface area contributed by atoms with Gasteiger partial charge in [-0.15, -0.1) is 0 Å². The molecule has 174 valence electrons. The zero-order chi connectivity index (χ0) is 24.0. The predicted molar refractivity (Wildman–Crippen MR) is 130 cm³/mol. The maximum absolute atomic E-state index is 14.0. The first-order chi connectivity index (χ1) is 15.6. The van der Waals surface area contributed by atoms with E-state index in [9.17, 15) is 17.6 Å². The van der Waals surface area contributed by atoms with Crippen molar-refractivity contribution in [2.45, 2.75) is 19.5 Å². The van der Waals surface area contributed by atoms with Crippen LogP contribution in [0.15, 0.2) is 77.3 Å². The molecule has 0 bridgehead atoms. The molecule has 0 saturated heterocycles. The van der Waals surface area contributed by atoms with Crippen LogP contribution in [-0.2, 0) is 21.4 Å². The minimum absolute atomic E-state index is 0.137. The molecule has 0 fully saturated rings. The van der Waals surface area contributed by atoms with Crippen molar-refractivity contribution in [2.75, 3.05) is 17.2 Å². The highest BCUT2D eigenvalue weighted by atomic mass is 79.9. The Morgan fingerprint density at radius 3 is 2.42 bits per heavy atom. The molecule has 0 spiro atoms. The van der Waals surface area contributed by atoms with E-state index in [2.05, 4.69) is 21.2 Å². The first kappa shape index (κ1) is 24.7. The first-order valence-electron chi connectivity index (χ1n) is 10.1. The molecule has 0 aliphatic rings. The van der Waals surface area contributed by atoms with Crippen molar-refractivity contribution in [3.63, 3.8) is 0 Å². The molecule has 0 aromatic heterocycles. The molecule has 3 aromatic rings. The molecule has 1 amide bonds. The Balaban J connectivity index is 1.62. The Morgan fingerprint density at radius 2 is 1.79 bits per heavy atom. The van der Waals surface area contributed by atoms with E-state index in [0.717, 1.165) is 20.6 Å². The Morgan fingerprint density at radius 1 is 1.09 bits per heavy atom. The lowest BCUT2D eigenvalue weighted by atomic mass is 10.1. The number of anilines is 1. The van der Waals surface area contributed by atoms with Crippen LogP contribution in [0.2, 0.25) is 0 Å². The smallest absolute Gasteiger partial charge is 0.258 e. The number of nitrogens with one attached hydrogen (secondary N) is 1. The summed E-state index contributed by atoms with van der Waals surface area (Å²) in [5.41, 5.74) is 1.58. The Labute approximate surface area is 201 Å². The normalized spacial score (nSPS) is 12.1. The number of hydrogen-bond acceptors (Lipinski definition) is 4. The molecule has 33 heavy (non-hydrogen) atoms. The highest BCUT2D eigenvalue weighted by Gasteiger charge is 2.19. The lowest BCUT2D eigenvalue weighted by molar-refractivity contribution is -0.123. The summed E-state index contributed by atoms with van der Waals surface area (Å²) < 4.78 is 46.2. The molecule has 0 saturated carbocycles. The van der Waals surface area contributed by atoms with Crippen LogP contribution in [0.5, 0.6) is 5.75 Å². The fraction of sp³-hybridized carbons (Fsp3) is 0.208. The van der Waals surface area contributed by atoms with Gasteiger partial charge in [0.15, 0.2) is 6.61 Å². The van der Waals surface area contributed by atoms with E-state index in [1.807, 2.05) is 31.2 Å². The van der Waals surface area contributed by atoms with Crippen molar-refractivity contribution in [3.8, 4) is 5.75 Å². The SMILES string of the molecule is C[C@H](NC(=O)COc1ccc(N(Cc2ccccc2F)S(C)(=O)=O)cc1)c1cccc(Br)c1. The van der Waals surface area contributed by atoms with Gasteiger partial charge in [-0.25, -0.2) is 12.8 Å². The van der Waals surface area contributed by atoms with E-state index in [4.69, 9.17) is 4.74 Å². The summed E-state index contributed by atoms with van der Waals surface area (Å²) in [6, 6.07) is 19.7. The van der Waals surface area contributed by atoms with Crippen LogP contribution in [0, 0.1) is 5.82 Å². The molecule has 3 aromatic carbocycles. The van der Waals surface area contributed by atoms with E-state index < -0.39 is 15.8 Å². The summed E-state index contributed by atoms with van der Waals surface area (Å²) in [6.07, 6.45) is 1.06. The number of carbonyl (C=O) groups is 1. The van der Waals surface area contributed by atoms with Crippen molar-refractivity contribution in [1.82, 2.24) is 5.32 Å². The van der Waals surface area contributed by atoms with Gasteiger partial charge in [-0.1, -0.05) is 46.3 Å². The molecule has 1 atom stereocenters. The molecule has 0 aliphatic heterocycles. The van der Waals surface area contributed by atoms with Crippen LogP contribution in [0.25, 0.3) is 0 Å². The lowest BCUT2D eigenvalue weighted by Gasteiger charge is -2.23. The molecule has 0 radical (unpaired) electrons. The number of sulfonamides is 1. The van der Waals surface area contributed by atoms with Gasteiger partial charge in [-0.3, -0.25) is 9.10 Å². The summed E-state index contributed by atoms with van der Waals surface area (Å²) >= 11 is 3.41. The van der Waals surface area contributed by atoms with Crippen molar-refractivity contribution >= 4 is 37.5 Å². The van der Waals surface area contributed by atoms with Crippen molar-refractivity contribution in [3.05, 3.63) is 94.2 Å². The molecule has 0 aliphatic carbocycles. The van der Waals surface area contributed by atoms with E-state index in [0.29, 0.717) is 11.4 Å². The third-order valence-electron chi connectivity index (χ3n) is 4.89. The summed E-state index contributed by atoms with van der Waals surface area (Å²) in [7, 11) is -3.66. The number of halogens is 2. The summed E-state index contributed by atoms with van der Waals surface area (Å²) in [5, 5.41) is 2.87. The van der Waals surface area contributed by atoms with Gasteiger partial charge in [0.05, 0.1) is 24.5 Å². The van der Waals surface area contributed by atoms with Gasteiger partial charge >= 0.3 is 0 Å². The second-order valence-electron chi connectivity index (χ2n) is 7.49. The number of benzene rings is 3. The van der Waals surface area contributed by atoms with Crippen molar-refractivity contribution in [2.24, 2.45) is 0 Å². The van der Waals surface area contributed by atoms with Crippen LogP contribution in [-0.4, -0.2) is 27.2 Å². The number of rotatable bonds is 9.